The molecule has 0 spiro atoms. The second-order valence-electron chi connectivity index (χ2n) is 4.09. The molecule has 0 unspecified atom stereocenters. The van der Waals surface area contributed by atoms with Crippen LogP contribution in [0.3, 0.4) is 0 Å². The van der Waals surface area contributed by atoms with E-state index in [0.29, 0.717) is 12.2 Å². The van der Waals surface area contributed by atoms with E-state index in [9.17, 15) is 14.5 Å². The van der Waals surface area contributed by atoms with E-state index in [1.165, 1.54) is 6.07 Å². The number of likely N-dealkylation sites (N-methyl/N-ethyl adjacent to an activating group) is 2. The van der Waals surface area contributed by atoms with Crippen molar-refractivity contribution in [3.05, 3.63) is 34.1 Å². The second-order valence-corrected chi connectivity index (χ2v) is 4.09. The highest BCUT2D eigenvalue weighted by Gasteiger charge is 2.22. The van der Waals surface area contributed by atoms with Crippen LogP contribution in [0.4, 0.5) is 15.8 Å². The van der Waals surface area contributed by atoms with E-state index in [1.807, 2.05) is 19.0 Å². The molecule has 0 heterocycles. The third-order valence-corrected chi connectivity index (χ3v) is 2.44. The van der Waals surface area contributed by atoms with Gasteiger partial charge in [-0.2, -0.15) is 4.39 Å². The number of hydrogen-bond acceptors (Lipinski definition) is 4. The van der Waals surface area contributed by atoms with E-state index in [-0.39, 0.29) is 0 Å². The fourth-order valence-electron chi connectivity index (χ4n) is 1.46. The van der Waals surface area contributed by atoms with Crippen molar-refractivity contribution in [2.24, 2.45) is 0 Å². The Hall–Kier alpha value is -1.69. The molecule has 17 heavy (non-hydrogen) atoms. The number of benzene rings is 1. The molecule has 1 aromatic rings. The Morgan fingerprint density at radius 2 is 1.94 bits per heavy atom. The van der Waals surface area contributed by atoms with Gasteiger partial charge in [-0.15, -0.1) is 0 Å². The van der Waals surface area contributed by atoms with Crippen LogP contribution in [-0.2, 0) is 0 Å². The van der Waals surface area contributed by atoms with Crippen LogP contribution in [0, 0.1) is 15.9 Å². The van der Waals surface area contributed by atoms with E-state index in [1.54, 1.807) is 18.0 Å². The van der Waals surface area contributed by atoms with E-state index in [0.717, 1.165) is 12.6 Å². The quantitative estimate of drug-likeness (QED) is 0.582. The highest BCUT2D eigenvalue weighted by molar-refractivity contribution is 5.63. The van der Waals surface area contributed by atoms with Crippen LogP contribution in [0.5, 0.6) is 0 Å². The summed E-state index contributed by atoms with van der Waals surface area (Å²) in [6, 6.07) is 4.13. The summed E-state index contributed by atoms with van der Waals surface area (Å²) in [7, 11) is 5.53. The molecule has 0 aromatic heterocycles. The Morgan fingerprint density at radius 3 is 2.47 bits per heavy atom. The topological polar surface area (TPSA) is 49.6 Å². The molecule has 5 nitrogen and oxygen atoms in total. The summed E-state index contributed by atoms with van der Waals surface area (Å²) in [5.41, 5.74) is -0.161. The predicted octanol–water partition coefficient (Wildman–Crippen LogP) is 1.73. The molecule has 1 rings (SSSR count). The van der Waals surface area contributed by atoms with Crippen LogP contribution in [0.15, 0.2) is 18.2 Å². The first-order valence-corrected chi connectivity index (χ1v) is 5.22. The minimum absolute atomic E-state index is 0.303. The van der Waals surface area contributed by atoms with Crippen molar-refractivity contribution in [3.8, 4) is 0 Å². The van der Waals surface area contributed by atoms with Gasteiger partial charge in [0.2, 0.25) is 5.82 Å². The van der Waals surface area contributed by atoms with E-state index in [4.69, 9.17) is 0 Å². The SMILES string of the molecule is CN(C)CCN(C)c1cccc(F)c1[N+](=O)[O-]. The zero-order valence-electron chi connectivity index (χ0n) is 10.2. The van der Waals surface area contributed by atoms with Gasteiger partial charge >= 0.3 is 5.69 Å². The van der Waals surface area contributed by atoms with Crippen molar-refractivity contribution >= 4 is 11.4 Å². The molecule has 0 saturated heterocycles. The molecule has 6 heteroatoms. The fourth-order valence-corrected chi connectivity index (χ4v) is 1.46. The maximum absolute atomic E-state index is 13.4. The molecule has 0 aliphatic heterocycles. The number of rotatable bonds is 5. The molecule has 0 atom stereocenters. The average Bonchev–Trinajstić information content (AvgIpc) is 2.24. The second kappa shape index (κ2) is 5.58. The van der Waals surface area contributed by atoms with Crippen molar-refractivity contribution in [3.63, 3.8) is 0 Å². The lowest BCUT2D eigenvalue weighted by molar-refractivity contribution is -0.386. The van der Waals surface area contributed by atoms with Gasteiger partial charge in [0.05, 0.1) is 4.92 Å². The maximum atomic E-state index is 13.4. The van der Waals surface area contributed by atoms with Gasteiger partial charge in [0.25, 0.3) is 0 Å². The summed E-state index contributed by atoms with van der Waals surface area (Å²) in [5.74, 6) is -0.802. The van der Waals surface area contributed by atoms with Gasteiger partial charge in [-0.1, -0.05) is 6.07 Å². The fraction of sp³-hybridized carbons (Fsp3) is 0.455. The smallest absolute Gasteiger partial charge is 0.327 e. The van der Waals surface area contributed by atoms with Crippen molar-refractivity contribution < 1.29 is 9.31 Å². The lowest BCUT2D eigenvalue weighted by Gasteiger charge is -2.21. The first-order valence-electron chi connectivity index (χ1n) is 5.22. The minimum Gasteiger partial charge on any atom is -0.368 e. The zero-order valence-corrected chi connectivity index (χ0v) is 10.2. The molecule has 0 aliphatic carbocycles. The number of nitro benzene ring substituents is 1. The number of nitrogens with zero attached hydrogens (tertiary/aromatic N) is 3. The van der Waals surface area contributed by atoms with Gasteiger partial charge in [-0.3, -0.25) is 10.1 Å². The van der Waals surface area contributed by atoms with E-state index >= 15 is 0 Å². The summed E-state index contributed by atoms with van der Waals surface area (Å²) in [5, 5.41) is 10.8. The number of halogens is 1. The predicted molar refractivity (Wildman–Crippen MR) is 64.9 cm³/mol. The molecule has 0 aliphatic rings. The van der Waals surface area contributed by atoms with E-state index < -0.39 is 16.4 Å². The third-order valence-electron chi connectivity index (χ3n) is 2.44. The van der Waals surface area contributed by atoms with Crippen molar-refractivity contribution in [1.29, 1.82) is 0 Å². The van der Waals surface area contributed by atoms with Gasteiger partial charge in [0.15, 0.2) is 0 Å². The van der Waals surface area contributed by atoms with Crippen LogP contribution in [0.2, 0.25) is 0 Å². The molecule has 0 saturated carbocycles. The highest BCUT2D eigenvalue weighted by Crippen LogP contribution is 2.29. The summed E-state index contributed by atoms with van der Waals surface area (Å²) in [6.45, 7) is 1.33. The number of para-hydroxylation sites is 1. The lowest BCUT2D eigenvalue weighted by Crippen LogP contribution is -2.29. The van der Waals surface area contributed by atoms with Gasteiger partial charge in [0, 0.05) is 20.1 Å². The third kappa shape index (κ3) is 3.39. The molecule has 0 bridgehead atoms. The molecule has 0 radical (unpaired) electrons. The molecule has 1 aromatic carbocycles. The number of nitro groups is 1. The van der Waals surface area contributed by atoms with Gasteiger partial charge < -0.3 is 9.80 Å². The Bertz CT molecular complexity index is 410. The lowest BCUT2D eigenvalue weighted by atomic mass is 10.2. The monoisotopic (exact) mass is 241 g/mol. The van der Waals surface area contributed by atoms with Crippen LogP contribution in [0.1, 0.15) is 0 Å². The first kappa shape index (κ1) is 13.4. The largest absolute Gasteiger partial charge is 0.368 e. The summed E-state index contributed by atoms with van der Waals surface area (Å²) in [4.78, 5) is 13.8. The van der Waals surface area contributed by atoms with Crippen molar-refractivity contribution in [2.45, 2.75) is 0 Å². The van der Waals surface area contributed by atoms with Gasteiger partial charge in [-0.05, 0) is 26.2 Å². The van der Waals surface area contributed by atoms with Crippen molar-refractivity contribution in [1.82, 2.24) is 4.90 Å². The zero-order chi connectivity index (χ0) is 13.0. The average molecular weight is 241 g/mol. The van der Waals surface area contributed by atoms with Crippen LogP contribution < -0.4 is 4.90 Å². The normalized spacial score (nSPS) is 10.6. The Morgan fingerprint density at radius 1 is 1.29 bits per heavy atom. The molecule has 0 N–H and O–H groups in total. The first-order chi connectivity index (χ1) is 7.93. The Kier molecular flexibility index (Phi) is 4.39. The number of anilines is 1. The standard InChI is InChI=1S/C11H16FN3O2/c1-13(2)7-8-14(3)10-6-4-5-9(12)11(10)15(16)17/h4-6H,7-8H2,1-3H3. The minimum atomic E-state index is -0.802. The van der Waals surface area contributed by atoms with Crippen LogP contribution in [0.25, 0.3) is 0 Å². The molecular formula is C11H16FN3O2. The van der Waals surface area contributed by atoms with E-state index in [2.05, 4.69) is 0 Å². The summed E-state index contributed by atoms with van der Waals surface area (Å²) in [6.07, 6.45) is 0. The maximum Gasteiger partial charge on any atom is 0.327 e. The van der Waals surface area contributed by atoms with Gasteiger partial charge in [-0.25, -0.2) is 0 Å². The molecule has 94 valence electrons. The number of hydrogen-bond donors (Lipinski definition) is 0. The molecule has 0 amide bonds. The van der Waals surface area contributed by atoms with Gasteiger partial charge in [0.1, 0.15) is 5.69 Å². The van der Waals surface area contributed by atoms with Crippen molar-refractivity contribution in [2.75, 3.05) is 39.1 Å². The molecular weight excluding hydrogens is 225 g/mol. The van der Waals surface area contributed by atoms with Crippen LogP contribution >= 0.6 is 0 Å². The Labute approximate surface area is 99.6 Å². The molecule has 0 fully saturated rings. The Balaban J connectivity index is 2.96. The summed E-state index contributed by atoms with van der Waals surface area (Å²) < 4.78 is 13.4. The summed E-state index contributed by atoms with van der Waals surface area (Å²) >= 11 is 0. The van der Waals surface area contributed by atoms with Crippen LogP contribution in [-0.4, -0.2) is 44.1 Å². The highest BCUT2D eigenvalue weighted by atomic mass is 19.1.